The van der Waals surface area contributed by atoms with Gasteiger partial charge in [-0.05, 0) is 29.7 Å². The normalized spacial score (nSPS) is 11.9. The van der Waals surface area contributed by atoms with Crippen LogP contribution in [0.1, 0.15) is 0 Å². The Morgan fingerprint density at radius 3 is 2.79 bits per heavy atom. The van der Waals surface area contributed by atoms with Crippen LogP contribution in [-0.2, 0) is 0 Å². The van der Waals surface area contributed by atoms with Crippen molar-refractivity contribution >= 4 is 21.4 Å². The van der Waals surface area contributed by atoms with Gasteiger partial charge in [0.2, 0.25) is 0 Å². The van der Waals surface area contributed by atoms with Gasteiger partial charge in [0, 0.05) is 10.1 Å². The van der Waals surface area contributed by atoms with Gasteiger partial charge in [0.15, 0.2) is 0 Å². The van der Waals surface area contributed by atoms with Crippen LogP contribution in [0.15, 0.2) is 24.3 Å². The predicted molar refractivity (Wildman–Crippen MR) is 47.3 cm³/mol. The molecule has 0 spiro atoms. The zero-order chi connectivity index (χ0) is 10.2. The number of ether oxygens (including phenoxy) is 1. The second kappa shape index (κ2) is 3.16. The van der Waals surface area contributed by atoms with Gasteiger partial charge in [-0.3, -0.25) is 0 Å². The molecule has 2 rings (SSSR count). The maximum Gasteiger partial charge on any atom is 0.573 e. The summed E-state index contributed by atoms with van der Waals surface area (Å²) < 4.78 is 40.2. The van der Waals surface area contributed by atoms with Crippen molar-refractivity contribution in [2.75, 3.05) is 0 Å². The van der Waals surface area contributed by atoms with E-state index in [4.69, 9.17) is 0 Å². The van der Waals surface area contributed by atoms with Crippen LogP contribution >= 0.6 is 11.3 Å². The largest absolute Gasteiger partial charge is 0.573 e. The minimum absolute atomic E-state index is 0.197. The lowest BCUT2D eigenvalue weighted by atomic mass is 10.2. The molecule has 5 heteroatoms. The maximum absolute atomic E-state index is 11.8. The molecule has 0 fully saturated rings. The molecule has 0 aliphatic carbocycles. The molecule has 0 aliphatic heterocycles. The molecule has 0 amide bonds. The van der Waals surface area contributed by atoms with Crippen molar-refractivity contribution in [1.82, 2.24) is 0 Å². The van der Waals surface area contributed by atoms with Crippen LogP contribution in [0, 0.1) is 5.38 Å². The highest BCUT2D eigenvalue weighted by atomic mass is 32.1. The highest BCUT2D eigenvalue weighted by Crippen LogP contribution is 2.28. The molecule has 1 aromatic carbocycles. The molecule has 73 valence electrons. The average Bonchev–Trinajstić information content (AvgIpc) is 2.47. The lowest BCUT2D eigenvalue weighted by Crippen LogP contribution is -2.16. The van der Waals surface area contributed by atoms with Crippen LogP contribution in [0.2, 0.25) is 0 Å². The third-order valence-electron chi connectivity index (χ3n) is 1.60. The fourth-order valence-electron chi connectivity index (χ4n) is 1.09. The molecule has 2 aromatic rings. The standard InChI is InChI=1S/C9H4F3OS/c10-9(11,12)13-7-1-2-8-6(5-7)3-4-14-8/h1-3,5H. The first-order chi connectivity index (χ1) is 6.54. The molecule has 1 heterocycles. The molecule has 0 saturated heterocycles. The van der Waals surface area contributed by atoms with Gasteiger partial charge in [-0.15, -0.1) is 24.5 Å². The highest BCUT2D eigenvalue weighted by Gasteiger charge is 2.31. The molecule has 1 nitrogen and oxygen atoms in total. The Morgan fingerprint density at radius 1 is 1.29 bits per heavy atom. The van der Waals surface area contributed by atoms with Gasteiger partial charge in [-0.1, -0.05) is 0 Å². The second-order valence-corrected chi connectivity index (χ2v) is 3.49. The molecule has 0 saturated carbocycles. The van der Waals surface area contributed by atoms with E-state index >= 15 is 0 Å². The molecular weight excluding hydrogens is 213 g/mol. The Labute approximate surface area is 81.7 Å². The monoisotopic (exact) mass is 217 g/mol. The third kappa shape index (κ3) is 1.98. The summed E-state index contributed by atoms with van der Waals surface area (Å²) in [4.78, 5) is 0. The van der Waals surface area contributed by atoms with Gasteiger partial charge in [0.25, 0.3) is 0 Å². The Hall–Kier alpha value is -1.23. The van der Waals surface area contributed by atoms with Crippen LogP contribution in [0.25, 0.3) is 10.1 Å². The minimum atomic E-state index is -4.63. The molecule has 0 bridgehead atoms. The molecule has 0 aliphatic rings. The number of hydrogen-bond acceptors (Lipinski definition) is 2. The first-order valence-corrected chi connectivity index (χ1v) is 4.52. The van der Waals surface area contributed by atoms with Crippen molar-refractivity contribution in [3.05, 3.63) is 29.6 Å². The molecule has 0 unspecified atom stereocenters. The Morgan fingerprint density at radius 2 is 2.07 bits per heavy atom. The SMILES string of the molecule is FC(F)(F)Oc1ccc2s[c]cc2c1. The number of alkyl halides is 3. The summed E-state index contributed by atoms with van der Waals surface area (Å²) in [5.74, 6) is -0.197. The lowest BCUT2D eigenvalue weighted by molar-refractivity contribution is -0.274. The van der Waals surface area contributed by atoms with Crippen LogP contribution in [0.4, 0.5) is 13.2 Å². The number of fused-ring (bicyclic) bond motifs is 1. The molecule has 0 N–H and O–H groups in total. The molecule has 0 atom stereocenters. The Balaban J connectivity index is 2.35. The first kappa shape index (κ1) is 9.33. The van der Waals surface area contributed by atoms with E-state index in [0.29, 0.717) is 5.39 Å². The lowest BCUT2D eigenvalue weighted by Gasteiger charge is -2.08. The summed E-state index contributed by atoms with van der Waals surface area (Å²) in [6, 6.07) is 5.84. The van der Waals surface area contributed by atoms with E-state index in [0.717, 1.165) is 4.70 Å². The van der Waals surface area contributed by atoms with Crippen LogP contribution in [0.5, 0.6) is 5.75 Å². The molecule has 1 aromatic heterocycles. The van der Waals surface area contributed by atoms with Gasteiger partial charge >= 0.3 is 6.36 Å². The van der Waals surface area contributed by atoms with Gasteiger partial charge in [0.1, 0.15) is 5.75 Å². The van der Waals surface area contributed by atoms with Crippen molar-refractivity contribution in [1.29, 1.82) is 0 Å². The topological polar surface area (TPSA) is 9.23 Å². The summed E-state index contributed by atoms with van der Waals surface area (Å²) in [7, 11) is 0. The molecule has 1 radical (unpaired) electrons. The quantitative estimate of drug-likeness (QED) is 0.709. The number of thiophene rings is 1. The van der Waals surface area contributed by atoms with E-state index in [9.17, 15) is 13.2 Å². The van der Waals surface area contributed by atoms with Crippen molar-refractivity contribution in [2.24, 2.45) is 0 Å². The van der Waals surface area contributed by atoms with Crippen LogP contribution in [0.3, 0.4) is 0 Å². The average molecular weight is 217 g/mol. The van der Waals surface area contributed by atoms with E-state index in [1.807, 2.05) is 0 Å². The molecular formula is C9H4F3OS. The van der Waals surface area contributed by atoms with Gasteiger partial charge < -0.3 is 4.74 Å². The fourth-order valence-corrected chi connectivity index (χ4v) is 1.77. The van der Waals surface area contributed by atoms with Crippen LogP contribution < -0.4 is 4.74 Å². The summed E-state index contributed by atoms with van der Waals surface area (Å²) in [6.45, 7) is 0. The van der Waals surface area contributed by atoms with Crippen molar-refractivity contribution < 1.29 is 17.9 Å². The van der Waals surface area contributed by atoms with Gasteiger partial charge in [-0.2, -0.15) is 0 Å². The number of benzene rings is 1. The second-order valence-electron chi connectivity index (χ2n) is 2.61. The summed E-state index contributed by atoms with van der Waals surface area (Å²) in [5, 5.41) is 3.54. The number of halogens is 3. The highest BCUT2D eigenvalue weighted by molar-refractivity contribution is 7.16. The maximum atomic E-state index is 11.8. The molecule has 14 heavy (non-hydrogen) atoms. The van der Waals surface area contributed by atoms with Gasteiger partial charge in [0.05, 0.1) is 0 Å². The zero-order valence-electron chi connectivity index (χ0n) is 6.76. The first-order valence-electron chi connectivity index (χ1n) is 3.70. The third-order valence-corrected chi connectivity index (χ3v) is 2.43. The minimum Gasteiger partial charge on any atom is -0.406 e. The van der Waals surface area contributed by atoms with E-state index in [2.05, 4.69) is 10.1 Å². The van der Waals surface area contributed by atoms with Crippen molar-refractivity contribution in [3.8, 4) is 5.75 Å². The number of rotatable bonds is 1. The van der Waals surface area contributed by atoms with Gasteiger partial charge in [-0.25, -0.2) is 0 Å². The van der Waals surface area contributed by atoms with Crippen LogP contribution in [-0.4, -0.2) is 6.36 Å². The van der Waals surface area contributed by atoms with Crippen molar-refractivity contribution in [3.63, 3.8) is 0 Å². The van der Waals surface area contributed by atoms with E-state index < -0.39 is 6.36 Å². The Bertz CT molecular complexity index is 446. The number of hydrogen-bond donors (Lipinski definition) is 0. The summed E-state index contributed by atoms with van der Waals surface area (Å²) in [6.07, 6.45) is -4.63. The zero-order valence-corrected chi connectivity index (χ0v) is 7.58. The smallest absolute Gasteiger partial charge is 0.406 e. The predicted octanol–water partition coefficient (Wildman–Crippen LogP) is 3.60. The fraction of sp³-hybridized carbons (Fsp3) is 0.111. The van der Waals surface area contributed by atoms with E-state index in [1.54, 1.807) is 12.1 Å². The Kier molecular flexibility index (Phi) is 2.11. The van der Waals surface area contributed by atoms with E-state index in [1.165, 1.54) is 23.5 Å². The summed E-state index contributed by atoms with van der Waals surface area (Å²) in [5.41, 5.74) is 0. The van der Waals surface area contributed by atoms with E-state index in [-0.39, 0.29) is 5.75 Å². The summed E-state index contributed by atoms with van der Waals surface area (Å²) >= 11 is 1.35. The van der Waals surface area contributed by atoms with Crippen molar-refractivity contribution in [2.45, 2.75) is 6.36 Å².